The number of thiophene rings is 2. The highest BCUT2D eigenvalue weighted by molar-refractivity contribution is 7.13. The molecule has 11 nitrogen and oxygen atoms in total. The Hall–Kier alpha value is -4.37. The number of phenols is 1. The number of pyridine rings is 1. The summed E-state index contributed by atoms with van der Waals surface area (Å²) in [6, 6.07) is 16.1. The molecule has 2 aliphatic carbocycles. The number of aliphatic hydroxyl groups excluding tert-OH is 1. The van der Waals surface area contributed by atoms with E-state index in [4.69, 9.17) is 9.26 Å². The van der Waals surface area contributed by atoms with Crippen LogP contribution in [-0.4, -0.2) is 68.6 Å². The van der Waals surface area contributed by atoms with E-state index in [-0.39, 0.29) is 17.4 Å². The van der Waals surface area contributed by atoms with Gasteiger partial charge in [-0.25, -0.2) is 4.79 Å². The molecule has 2 aromatic carbocycles. The van der Waals surface area contributed by atoms with Crippen LogP contribution in [0.15, 0.2) is 69.3 Å². The van der Waals surface area contributed by atoms with Crippen molar-refractivity contribution in [3.8, 4) is 5.75 Å². The Bertz CT molecular complexity index is 2390. The van der Waals surface area contributed by atoms with Crippen molar-refractivity contribution in [3.05, 3.63) is 113 Å². The highest BCUT2D eigenvalue weighted by Crippen LogP contribution is 2.40. The van der Waals surface area contributed by atoms with Crippen molar-refractivity contribution in [2.24, 2.45) is 0 Å². The van der Waals surface area contributed by atoms with Crippen LogP contribution < -0.4 is 10.9 Å². The molecule has 6 aromatic rings. The SMILES string of the molecule is Cc1ccc(C(O)(C(=O)OC2CCC(N(C)CCCc3noc4cc(CNC[C@H](O)c5ccc(O)c6[nH]c(=O)ccc56)c5c(c34)CCC5)CC2)c2cccs2)s1. The summed E-state index contributed by atoms with van der Waals surface area (Å²) < 4.78 is 11.9. The van der Waals surface area contributed by atoms with Crippen LogP contribution in [0.1, 0.15) is 87.2 Å². The van der Waals surface area contributed by atoms with Crippen molar-refractivity contribution in [3.63, 3.8) is 0 Å². The lowest BCUT2D eigenvalue weighted by atomic mass is 9.91. The van der Waals surface area contributed by atoms with Gasteiger partial charge in [0.15, 0.2) is 5.58 Å². The van der Waals surface area contributed by atoms with Crippen molar-refractivity contribution < 1.29 is 29.4 Å². The number of rotatable bonds is 14. The maximum Gasteiger partial charge on any atom is 0.349 e. The van der Waals surface area contributed by atoms with Crippen molar-refractivity contribution in [1.82, 2.24) is 20.4 Å². The first kappa shape index (κ1) is 38.5. The van der Waals surface area contributed by atoms with Crippen LogP contribution in [0.25, 0.3) is 21.9 Å². The molecule has 0 bridgehead atoms. The number of H-pyrrole nitrogens is 1. The number of aryl methyl sites for hydroxylation is 3. The van der Waals surface area contributed by atoms with Crippen LogP contribution in [0.4, 0.5) is 0 Å². The monoisotopic (exact) mass is 796 g/mol. The Morgan fingerprint density at radius 2 is 1.93 bits per heavy atom. The fraction of sp³-hybridized carbons (Fsp3) is 0.419. The summed E-state index contributed by atoms with van der Waals surface area (Å²) in [7, 11) is 2.17. The van der Waals surface area contributed by atoms with Crippen LogP contribution in [-0.2, 0) is 40.9 Å². The van der Waals surface area contributed by atoms with Gasteiger partial charge in [0.2, 0.25) is 11.2 Å². The zero-order chi connectivity index (χ0) is 39.0. The van der Waals surface area contributed by atoms with Crippen molar-refractivity contribution in [1.29, 1.82) is 0 Å². The number of esters is 1. The number of carbonyl (C=O) groups is 1. The second-order valence-corrected chi connectivity index (χ2v) is 17.5. The van der Waals surface area contributed by atoms with E-state index < -0.39 is 17.7 Å². The molecular formula is C43H48N4O7S2. The van der Waals surface area contributed by atoms with E-state index in [1.54, 1.807) is 18.2 Å². The van der Waals surface area contributed by atoms with Gasteiger partial charge in [0, 0.05) is 40.8 Å². The number of hydrogen-bond donors (Lipinski definition) is 5. The second kappa shape index (κ2) is 16.2. The summed E-state index contributed by atoms with van der Waals surface area (Å²) in [6.45, 7) is 3.74. The van der Waals surface area contributed by atoms with Gasteiger partial charge in [-0.05, 0) is 142 Å². The topological polar surface area (TPSA) is 161 Å². The molecule has 13 heteroatoms. The van der Waals surface area contributed by atoms with E-state index in [1.807, 2.05) is 30.5 Å². The van der Waals surface area contributed by atoms with Gasteiger partial charge in [0.05, 0.1) is 27.1 Å². The normalized spacial score (nSPS) is 18.7. The predicted molar refractivity (Wildman–Crippen MR) is 218 cm³/mol. The molecule has 56 heavy (non-hydrogen) atoms. The van der Waals surface area contributed by atoms with Gasteiger partial charge in [0.1, 0.15) is 11.9 Å². The molecule has 4 heterocycles. The molecule has 1 saturated carbocycles. The molecular weight excluding hydrogens is 749 g/mol. The Kier molecular flexibility index (Phi) is 11.2. The number of hydrogen-bond acceptors (Lipinski definition) is 12. The average molecular weight is 797 g/mol. The first-order chi connectivity index (χ1) is 27.1. The molecule has 0 amide bonds. The number of phenolic OH excluding ortho intramolecular Hbond substituents is 1. The van der Waals surface area contributed by atoms with E-state index in [2.05, 4.69) is 33.5 Å². The number of fused-ring (bicyclic) bond motifs is 4. The Morgan fingerprint density at radius 3 is 2.70 bits per heavy atom. The minimum absolute atomic E-state index is 0.0331. The van der Waals surface area contributed by atoms with E-state index in [1.165, 1.54) is 45.9 Å². The Labute approximate surface area is 332 Å². The first-order valence-corrected chi connectivity index (χ1v) is 21.2. The van der Waals surface area contributed by atoms with Crippen molar-refractivity contribution in [2.75, 3.05) is 20.1 Å². The van der Waals surface area contributed by atoms with E-state index in [0.29, 0.717) is 45.4 Å². The number of aromatic nitrogens is 2. The molecule has 294 valence electrons. The van der Waals surface area contributed by atoms with Crippen LogP contribution in [0, 0.1) is 6.92 Å². The van der Waals surface area contributed by atoms with E-state index in [0.717, 1.165) is 91.4 Å². The van der Waals surface area contributed by atoms with Gasteiger partial charge >= 0.3 is 5.97 Å². The summed E-state index contributed by atoms with van der Waals surface area (Å²) in [4.78, 5) is 32.6. The summed E-state index contributed by atoms with van der Waals surface area (Å²) in [5.41, 5.74) is 4.47. The molecule has 2 aliphatic rings. The number of nitrogens with zero attached hydrogens (tertiary/aromatic N) is 2. The van der Waals surface area contributed by atoms with Gasteiger partial charge in [0.25, 0.3) is 0 Å². The lowest BCUT2D eigenvalue weighted by Gasteiger charge is -2.35. The van der Waals surface area contributed by atoms with Gasteiger partial charge in [-0.1, -0.05) is 17.3 Å². The third kappa shape index (κ3) is 7.56. The quantitative estimate of drug-likeness (QED) is 0.0745. The molecule has 1 fully saturated rings. The lowest BCUT2D eigenvalue weighted by molar-refractivity contribution is -0.169. The molecule has 1 unspecified atom stereocenters. The fourth-order valence-electron chi connectivity index (χ4n) is 8.66. The van der Waals surface area contributed by atoms with Crippen molar-refractivity contribution >= 4 is 50.5 Å². The van der Waals surface area contributed by atoms with Gasteiger partial charge in [-0.2, -0.15) is 0 Å². The third-order valence-corrected chi connectivity index (χ3v) is 13.7. The molecule has 0 spiro atoms. The number of aliphatic hydroxyl groups is 2. The number of aromatic hydroxyl groups is 1. The Balaban J connectivity index is 0.843. The highest BCUT2D eigenvalue weighted by Gasteiger charge is 2.45. The summed E-state index contributed by atoms with van der Waals surface area (Å²) >= 11 is 2.78. The van der Waals surface area contributed by atoms with Crippen LogP contribution in [0.5, 0.6) is 5.75 Å². The molecule has 8 rings (SSSR count). The average Bonchev–Trinajstić information content (AvgIpc) is 4.03. The summed E-state index contributed by atoms with van der Waals surface area (Å²) in [6.07, 6.45) is 7.12. The standard InChI is InChI=1S/C43H48N4O7S2/c1-25-10-18-38(56-25)43(52,37-9-5-21-55-37)42(51)53-28-13-11-27(12-14-28)47(2)20-4-8-33-40-31-7-3-6-29(31)26(22-36(40)54-46-33)23-44-24-35(49)30-15-17-34(48)41-32(30)16-19-39(50)45-41/h5,9-10,15-19,21-22,27-28,35,44,48-49,52H,3-4,6-8,11-14,20,23-24H2,1-2H3,(H,45,50)/t27?,28?,35-,43?/m0/s1. The Morgan fingerprint density at radius 1 is 1.11 bits per heavy atom. The minimum atomic E-state index is -1.79. The van der Waals surface area contributed by atoms with Gasteiger partial charge < -0.3 is 39.8 Å². The minimum Gasteiger partial charge on any atom is -0.506 e. The lowest BCUT2D eigenvalue weighted by Crippen LogP contribution is -2.42. The summed E-state index contributed by atoms with van der Waals surface area (Å²) in [5.74, 6) is -0.624. The largest absolute Gasteiger partial charge is 0.506 e. The first-order valence-electron chi connectivity index (χ1n) is 19.5. The maximum atomic E-state index is 13.6. The van der Waals surface area contributed by atoms with E-state index >= 15 is 0 Å². The van der Waals surface area contributed by atoms with Crippen molar-refractivity contribution in [2.45, 2.75) is 95.1 Å². The smallest absolute Gasteiger partial charge is 0.349 e. The molecule has 0 saturated heterocycles. The number of aromatic amines is 1. The van der Waals surface area contributed by atoms with Crippen LogP contribution in [0.3, 0.4) is 0 Å². The molecule has 0 radical (unpaired) electrons. The number of ether oxygens (including phenoxy) is 1. The molecule has 2 atom stereocenters. The van der Waals surface area contributed by atoms with E-state index in [9.17, 15) is 24.9 Å². The zero-order valence-corrected chi connectivity index (χ0v) is 33.3. The van der Waals surface area contributed by atoms with Gasteiger partial charge in [-0.15, -0.1) is 22.7 Å². The van der Waals surface area contributed by atoms with Gasteiger partial charge in [-0.3, -0.25) is 4.79 Å². The van der Waals surface area contributed by atoms with Crippen LogP contribution >= 0.6 is 22.7 Å². The molecule has 4 aromatic heterocycles. The third-order valence-electron chi connectivity index (χ3n) is 11.7. The maximum absolute atomic E-state index is 13.6. The second-order valence-electron chi connectivity index (χ2n) is 15.3. The molecule has 0 aliphatic heterocycles. The predicted octanol–water partition coefficient (Wildman–Crippen LogP) is 6.77. The number of nitrogens with one attached hydrogen (secondary N) is 2. The molecule has 5 N–H and O–H groups in total. The zero-order valence-electron chi connectivity index (χ0n) is 31.7. The number of carbonyl (C=O) groups excluding carboxylic acids is 1. The summed E-state index contributed by atoms with van der Waals surface area (Å²) in [5, 5.41) is 44.6. The fourth-order valence-corrected chi connectivity index (χ4v) is 10.5. The number of benzene rings is 2. The highest BCUT2D eigenvalue weighted by atomic mass is 32.1. The van der Waals surface area contributed by atoms with Crippen LogP contribution in [0.2, 0.25) is 0 Å².